The molecule has 0 aromatic carbocycles. The second kappa shape index (κ2) is 17.6. The lowest BCUT2D eigenvalue weighted by Gasteiger charge is -2.46. The number of H-pyrrole nitrogens is 2. The summed E-state index contributed by atoms with van der Waals surface area (Å²) in [5, 5.41) is 5.34. The molecule has 4 atom stereocenters. The molecule has 4 fully saturated rings. The van der Waals surface area contributed by atoms with E-state index in [1.54, 1.807) is 22.2 Å². The third kappa shape index (κ3) is 8.91. The van der Waals surface area contributed by atoms with Crippen LogP contribution in [0.5, 0.6) is 0 Å². The molecule has 0 aliphatic carbocycles. The van der Waals surface area contributed by atoms with Gasteiger partial charge in [-0.1, -0.05) is 27.7 Å². The third-order valence-electron chi connectivity index (χ3n) is 12.5. The van der Waals surface area contributed by atoms with Crippen LogP contribution < -0.4 is 10.6 Å². The van der Waals surface area contributed by atoms with Crippen molar-refractivity contribution in [2.75, 3.05) is 53.5 Å². The van der Waals surface area contributed by atoms with E-state index in [-0.39, 0.29) is 53.0 Å². The number of hydrogen-bond acceptors (Lipinski definition) is 9. The standard InChI is InChI=1S/C40H59N9O8/c1-24(2)31(44-38(54)56-5)36(52)48-15-7-9-29(48)27-21-26(22-41-27)34(50)46-17-11-40(12-18-46)13-19-47(20-14-40)35(51)28-23-42-33(43-28)30-10-8-16-49(30)37(53)32(25(3)4)45-39(55)57-6/h21-25,29-32,41H,7-20H2,1-6H3,(H,42,43)(H,44,54)(H,45,55)/t29-,30-,31-,32-/m0/s1. The monoisotopic (exact) mass is 793 g/mol. The highest BCUT2D eigenvalue weighted by Gasteiger charge is 2.42. The topological polar surface area (TPSA) is 202 Å². The molecule has 0 bridgehead atoms. The minimum Gasteiger partial charge on any atom is -0.453 e. The van der Waals surface area contributed by atoms with Crippen LogP contribution in [-0.4, -0.2) is 136 Å². The number of nitrogens with one attached hydrogen (secondary N) is 4. The van der Waals surface area contributed by atoms with Gasteiger partial charge in [-0.05, 0) is 74.7 Å². The molecule has 0 saturated carbocycles. The van der Waals surface area contributed by atoms with Crippen molar-refractivity contribution in [2.24, 2.45) is 17.3 Å². The maximum atomic E-state index is 13.7. The van der Waals surface area contributed by atoms with Crippen LogP contribution in [0.25, 0.3) is 0 Å². The van der Waals surface area contributed by atoms with E-state index < -0.39 is 24.3 Å². The van der Waals surface area contributed by atoms with Crippen LogP contribution in [0.1, 0.15) is 124 Å². The highest BCUT2D eigenvalue weighted by molar-refractivity contribution is 5.95. The first kappa shape index (κ1) is 41.5. The number of hydrogen-bond donors (Lipinski definition) is 4. The molecular weight excluding hydrogens is 734 g/mol. The average molecular weight is 794 g/mol. The third-order valence-corrected chi connectivity index (χ3v) is 12.5. The largest absolute Gasteiger partial charge is 0.453 e. The van der Waals surface area contributed by atoms with E-state index >= 15 is 0 Å². The maximum absolute atomic E-state index is 13.7. The lowest BCUT2D eigenvalue weighted by molar-refractivity contribution is -0.136. The van der Waals surface area contributed by atoms with Crippen molar-refractivity contribution in [1.29, 1.82) is 0 Å². The summed E-state index contributed by atoms with van der Waals surface area (Å²) in [5.41, 5.74) is 1.82. The van der Waals surface area contributed by atoms with Crippen molar-refractivity contribution in [3.63, 3.8) is 0 Å². The van der Waals surface area contributed by atoms with Crippen LogP contribution in [-0.2, 0) is 19.1 Å². The van der Waals surface area contributed by atoms with E-state index in [9.17, 15) is 28.8 Å². The number of aromatic amines is 2. The summed E-state index contributed by atoms with van der Waals surface area (Å²) in [4.78, 5) is 96.6. The lowest BCUT2D eigenvalue weighted by atomic mass is 9.71. The fourth-order valence-electron chi connectivity index (χ4n) is 8.99. The molecule has 0 radical (unpaired) electrons. The van der Waals surface area contributed by atoms with Gasteiger partial charge in [0.25, 0.3) is 11.8 Å². The second-order valence-corrected chi connectivity index (χ2v) is 16.7. The molecule has 17 nitrogen and oxygen atoms in total. The molecule has 6 amide bonds. The molecule has 0 unspecified atom stereocenters. The van der Waals surface area contributed by atoms with Crippen LogP contribution in [0, 0.1) is 17.3 Å². The number of rotatable bonds is 10. The molecule has 17 heteroatoms. The number of likely N-dealkylation sites (tertiary alicyclic amines) is 4. The molecule has 1 spiro atoms. The Morgan fingerprint density at radius 2 is 1.23 bits per heavy atom. The Bertz CT molecular complexity index is 1660. The Balaban J connectivity index is 1.00. The lowest BCUT2D eigenvalue weighted by Crippen LogP contribution is -2.51. The summed E-state index contributed by atoms with van der Waals surface area (Å²) in [5.74, 6) is -0.247. The summed E-state index contributed by atoms with van der Waals surface area (Å²) < 4.78 is 9.48. The smallest absolute Gasteiger partial charge is 0.407 e. The van der Waals surface area contributed by atoms with Crippen LogP contribution in [0.15, 0.2) is 18.5 Å². The Hall–Kier alpha value is -5.09. The molecule has 312 valence electrons. The van der Waals surface area contributed by atoms with Gasteiger partial charge in [-0.3, -0.25) is 19.2 Å². The average Bonchev–Trinajstić information content (AvgIpc) is 4.05. The fourth-order valence-corrected chi connectivity index (χ4v) is 8.99. The van der Waals surface area contributed by atoms with Crippen molar-refractivity contribution in [3.8, 4) is 0 Å². The Labute approximate surface area is 333 Å². The van der Waals surface area contributed by atoms with Gasteiger partial charge >= 0.3 is 12.2 Å². The molecule has 2 aromatic heterocycles. The highest BCUT2D eigenvalue weighted by Crippen LogP contribution is 2.42. The van der Waals surface area contributed by atoms with Crippen molar-refractivity contribution < 1.29 is 38.2 Å². The summed E-state index contributed by atoms with van der Waals surface area (Å²) in [6.45, 7) is 11.1. The molecule has 4 aliphatic rings. The number of methoxy groups -OCH3 is 2. The van der Waals surface area contributed by atoms with E-state index in [1.165, 1.54) is 14.2 Å². The Kier molecular flexibility index (Phi) is 12.8. The minimum atomic E-state index is -0.740. The second-order valence-electron chi connectivity index (χ2n) is 16.7. The first-order chi connectivity index (χ1) is 27.3. The van der Waals surface area contributed by atoms with E-state index in [4.69, 9.17) is 9.47 Å². The number of nitrogens with zero attached hydrogens (tertiary/aromatic N) is 5. The van der Waals surface area contributed by atoms with Gasteiger partial charge in [-0.25, -0.2) is 14.6 Å². The summed E-state index contributed by atoms with van der Waals surface area (Å²) >= 11 is 0. The Morgan fingerprint density at radius 1 is 0.737 bits per heavy atom. The van der Waals surface area contributed by atoms with Crippen molar-refractivity contribution in [1.82, 2.24) is 45.2 Å². The molecule has 6 rings (SSSR count). The number of ether oxygens (including phenoxy) is 2. The normalized spacial score (nSPS) is 21.8. The first-order valence-electron chi connectivity index (χ1n) is 20.4. The predicted molar refractivity (Wildman–Crippen MR) is 208 cm³/mol. The van der Waals surface area contributed by atoms with Gasteiger partial charge < -0.3 is 49.7 Å². The summed E-state index contributed by atoms with van der Waals surface area (Å²) in [6, 6.07) is -0.134. The zero-order chi connectivity index (χ0) is 41.0. The van der Waals surface area contributed by atoms with Gasteiger partial charge in [-0.15, -0.1) is 0 Å². The van der Waals surface area contributed by atoms with Gasteiger partial charge in [0.2, 0.25) is 11.8 Å². The zero-order valence-electron chi connectivity index (χ0n) is 34.1. The van der Waals surface area contributed by atoms with Gasteiger partial charge in [0.05, 0.1) is 38.1 Å². The molecule has 6 heterocycles. The maximum Gasteiger partial charge on any atom is 0.407 e. The van der Waals surface area contributed by atoms with Crippen LogP contribution in [0.4, 0.5) is 9.59 Å². The molecule has 4 saturated heterocycles. The fraction of sp³-hybridized carbons (Fsp3) is 0.675. The zero-order valence-corrected chi connectivity index (χ0v) is 34.1. The molecule has 57 heavy (non-hydrogen) atoms. The van der Waals surface area contributed by atoms with Gasteiger partial charge in [0.1, 0.15) is 23.6 Å². The van der Waals surface area contributed by atoms with Crippen molar-refractivity contribution in [2.45, 2.75) is 103 Å². The van der Waals surface area contributed by atoms with Crippen molar-refractivity contribution >= 4 is 35.8 Å². The van der Waals surface area contributed by atoms with E-state index in [1.807, 2.05) is 43.6 Å². The molecule has 2 aromatic rings. The van der Waals surface area contributed by atoms with E-state index in [0.29, 0.717) is 62.8 Å². The number of amides is 6. The van der Waals surface area contributed by atoms with Crippen LogP contribution in [0.2, 0.25) is 0 Å². The molecule has 4 aliphatic heterocycles. The highest BCUT2D eigenvalue weighted by atomic mass is 16.5. The van der Waals surface area contributed by atoms with Crippen LogP contribution in [0.3, 0.4) is 0 Å². The number of carbonyl (C=O) groups excluding carboxylic acids is 6. The first-order valence-corrected chi connectivity index (χ1v) is 20.4. The minimum absolute atomic E-state index is 0.0414. The quantitative estimate of drug-likeness (QED) is 0.275. The van der Waals surface area contributed by atoms with Gasteiger partial charge in [0, 0.05) is 51.2 Å². The SMILES string of the molecule is COC(=O)N[C@H](C(=O)N1CCC[C@H]1c1cc(C(=O)N2CCC3(CC2)CCN(C(=O)c2cnc([C@@H]4CCCN4C(=O)[C@@H](NC(=O)OC)C(C)C)[nH]2)CC3)c[nH]1)C(C)C. The van der Waals surface area contributed by atoms with Gasteiger partial charge in [-0.2, -0.15) is 0 Å². The predicted octanol–water partition coefficient (Wildman–Crippen LogP) is 3.98. The number of carbonyl (C=O) groups is 6. The van der Waals surface area contributed by atoms with Crippen molar-refractivity contribution in [3.05, 3.63) is 41.2 Å². The van der Waals surface area contributed by atoms with Crippen LogP contribution >= 0.6 is 0 Å². The number of piperidine rings is 2. The number of imidazole rings is 1. The number of aromatic nitrogens is 3. The van der Waals surface area contributed by atoms with E-state index in [2.05, 4.69) is 25.6 Å². The number of alkyl carbamates (subject to hydrolysis) is 2. The molecular formula is C40H59N9O8. The van der Waals surface area contributed by atoms with Gasteiger partial charge in [0.15, 0.2) is 0 Å². The summed E-state index contributed by atoms with van der Waals surface area (Å²) in [7, 11) is 2.54. The summed E-state index contributed by atoms with van der Waals surface area (Å²) in [6.07, 6.45) is 8.44. The molecule has 4 N–H and O–H groups in total. The van der Waals surface area contributed by atoms with E-state index in [0.717, 1.165) is 50.6 Å². The Morgan fingerprint density at radius 3 is 1.74 bits per heavy atom.